The van der Waals surface area contributed by atoms with Gasteiger partial charge < -0.3 is 20.1 Å². The Morgan fingerprint density at radius 2 is 2.00 bits per heavy atom. The number of nitrogens with one attached hydrogen (secondary N) is 2. The fraction of sp³-hybridized carbons (Fsp3) is 0.611. The molecule has 0 unspecified atom stereocenters. The first-order valence-corrected chi connectivity index (χ1v) is 10.8. The first-order valence-electron chi connectivity index (χ1n) is 9.35. The van der Waals surface area contributed by atoms with E-state index >= 15 is 0 Å². The van der Waals surface area contributed by atoms with Crippen molar-refractivity contribution < 1.29 is 22.7 Å². The van der Waals surface area contributed by atoms with Crippen molar-refractivity contribution >= 4 is 21.6 Å². The molecule has 1 aromatic carbocycles. The monoisotopic (exact) mass is 395 g/mol. The van der Waals surface area contributed by atoms with Crippen molar-refractivity contribution in [3.8, 4) is 11.5 Å². The molecule has 9 heteroatoms. The fourth-order valence-electron chi connectivity index (χ4n) is 3.54. The molecule has 148 valence electrons. The lowest BCUT2D eigenvalue weighted by molar-refractivity contribution is -0.118. The molecule has 1 aliphatic carbocycles. The summed E-state index contributed by atoms with van der Waals surface area (Å²) in [6, 6.07) is 3.32. The van der Waals surface area contributed by atoms with Crippen LogP contribution >= 0.6 is 0 Å². The summed E-state index contributed by atoms with van der Waals surface area (Å²) in [7, 11) is -2.29. The highest BCUT2D eigenvalue weighted by atomic mass is 32.2. The molecular formula is C18H25N3O5S. The number of ether oxygens (including phenoxy) is 2. The fourth-order valence-corrected chi connectivity index (χ4v) is 5.17. The lowest BCUT2D eigenvalue weighted by atomic mass is 10.1. The molecule has 1 aromatic rings. The predicted molar refractivity (Wildman–Crippen MR) is 99.6 cm³/mol. The van der Waals surface area contributed by atoms with Crippen molar-refractivity contribution in [2.75, 3.05) is 38.7 Å². The molecule has 4 rings (SSSR count). The maximum absolute atomic E-state index is 13.2. The molecule has 1 amide bonds. The first kappa shape index (κ1) is 18.5. The second-order valence-corrected chi connectivity index (χ2v) is 9.27. The van der Waals surface area contributed by atoms with Gasteiger partial charge in [-0.2, -0.15) is 4.31 Å². The number of rotatable bonds is 6. The van der Waals surface area contributed by atoms with Crippen molar-refractivity contribution in [2.45, 2.75) is 36.6 Å². The molecule has 2 fully saturated rings. The van der Waals surface area contributed by atoms with Gasteiger partial charge in [0.05, 0.1) is 12.8 Å². The zero-order chi connectivity index (χ0) is 19.0. The van der Waals surface area contributed by atoms with E-state index in [1.807, 2.05) is 0 Å². The summed E-state index contributed by atoms with van der Waals surface area (Å²) in [6.07, 6.45) is 4.21. The Bertz CT molecular complexity index is 830. The van der Waals surface area contributed by atoms with Crippen LogP contribution in [0.4, 0.5) is 5.69 Å². The molecule has 0 aromatic heterocycles. The first-order chi connectivity index (χ1) is 13.0. The van der Waals surface area contributed by atoms with Crippen LogP contribution in [0, 0.1) is 5.92 Å². The Hall–Kier alpha value is -1.84. The number of fused-ring (bicyclic) bond motifs is 1. The van der Waals surface area contributed by atoms with Crippen LogP contribution in [0.2, 0.25) is 0 Å². The van der Waals surface area contributed by atoms with Crippen LogP contribution in [0.15, 0.2) is 17.0 Å². The zero-order valence-corrected chi connectivity index (χ0v) is 16.2. The molecule has 0 bridgehead atoms. The van der Waals surface area contributed by atoms with Gasteiger partial charge in [0.2, 0.25) is 10.0 Å². The van der Waals surface area contributed by atoms with Crippen molar-refractivity contribution in [2.24, 2.45) is 5.92 Å². The van der Waals surface area contributed by atoms with Gasteiger partial charge in [-0.1, -0.05) is 0 Å². The average molecular weight is 395 g/mol. The van der Waals surface area contributed by atoms with E-state index < -0.39 is 10.0 Å². The molecule has 8 nitrogen and oxygen atoms in total. The van der Waals surface area contributed by atoms with Crippen molar-refractivity contribution in [1.29, 1.82) is 0 Å². The van der Waals surface area contributed by atoms with Crippen LogP contribution < -0.4 is 20.1 Å². The summed E-state index contributed by atoms with van der Waals surface area (Å²) in [5.41, 5.74) is 0.421. The van der Waals surface area contributed by atoms with Gasteiger partial charge in [0.25, 0.3) is 5.91 Å². The van der Waals surface area contributed by atoms with Crippen LogP contribution in [0.3, 0.4) is 0 Å². The van der Waals surface area contributed by atoms with Gasteiger partial charge in [0.1, 0.15) is 16.4 Å². The third-order valence-electron chi connectivity index (χ3n) is 5.36. The molecule has 2 N–H and O–H groups in total. The van der Waals surface area contributed by atoms with Gasteiger partial charge in [-0.15, -0.1) is 0 Å². The van der Waals surface area contributed by atoms with Gasteiger partial charge in [-0.3, -0.25) is 4.79 Å². The third-order valence-corrected chi connectivity index (χ3v) is 7.28. The molecule has 1 saturated heterocycles. The number of hydrogen-bond donors (Lipinski definition) is 2. The zero-order valence-electron chi connectivity index (χ0n) is 15.4. The van der Waals surface area contributed by atoms with Crippen molar-refractivity contribution in [3.05, 3.63) is 12.1 Å². The smallest absolute Gasteiger partial charge is 0.262 e. The van der Waals surface area contributed by atoms with Crippen LogP contribution in [0.25, 0.3) is 0 Å². The lowest BCUT2D eigenvalue weighted by Gasteiger charge is -2.32. The SMILES string of the molecule is COc1cc2c(cc1S(=O)(=O)N1CCC(NCC3CC3)CC1)OCC(=O)N2. The Morgan fingerprint density at radius 3 is 2.67 bits per heavy atom. The topological polar surface area (TPSA) is 97.0 Å². The summed E-state index contributed by atoms with van der Waals surface area (Å²) < 4.78 is 38.5. The molecular weight excluding hydrogens is 370 g/mol. The van der Waals surface area contributed by atoms with Gasteiger partial charge in [-0.25, -0.2) is 8.42 Å². The van der Waals surface area contributed by atoms with Crippen LogP contribution in [-0.2, 0) is 14.8 Å². The minimum absolute atomic E-state index is 0.0734. The number of anilines is 1. The second kappa shape index (κ2) is 7.29. The minimum Gasteiger partial charge on any atom is -0.495 e. The summed E-state index contributed by atoms with van der Waals surface area (Å²) in [5, 5.41) is 6.22. The highest BCUT2D eigenvalue weighted by Gasteiger charge is 2.34. The number of sulfonamides is 1. The van der Waals surface area contributed by atoms with E-state index in [4.69, 9.17) is 9.47 Å². The highest BCUT2D eigenvalue weighted by Crippen LogP contribution is 2.38. The van der Waals surface area contributed by atoms with Crippen LogP contribution in [0.1, 0.15) is 25.7 Å². The molecule has 0 atom stereocenters. The van der Waals surface area contributed by atoms with Crippen LogP contribution in [-0.4, -0.2) is 58.0 Å². The molecule has 3 aliphatic rings. The molecule has 2 aliphatic heterocycles. The van der Waals surface area contributed by atoms with Gasteiger partial charge in [-0.05, 0) is 38.1 Å². The minimum atomic E-state index is -3.71. The van der Waals surface area contributed by atoms with E-state index in [1.54, 1.807) is 0 Å². The summed E-state index contributed by atoms with van der Waals surface area (Å²) in [6.45, 7) is 1.86. The number of hydrogen-bond acceptors (Lipinski definition) is 6. The van der Waals surface area contributed by atoms with E-state index in [0.717, 1.165) is 25.3 Å². The van der Waals surface area contributed by atoms with E-state index in [-0.39, 0.29) is 23.2 Å². The summed E-state index contributed by atoms with van der Waals surface area (Å²) in [5.74, 6) is 1.08. The second-order valence-electron chi connectivity index (χ2n) is 7.37. The average Bonchev–Trinajstić information content (AvgIpc) is 3.50. The van der Waals surface area contributed by atoms with Gasteiger partial charge in [0, 0.05) is 31.3 Å². The summed E-state index contributed by atoms with van der Waals surface area (Å²) in [4.78, 5) is 11.5. The predicted octanol–water partition coefficient (Wildman–Crippen LogP) is 1.18. The number of amides is 1. The third kappa shape index (κ3) is 3.90. The maximum Gasteiger partial charge on any atom is 0.262 e. The van der Waals surface area contributed by atoms with E-state index in [1.165, 1.54) is 36.4 Å². The molecule has 0 radical (unpaired) electrons. The molecule has 27 heavy (non-hydrogen) atoms. The number of benzene rings is 1. The number of carbonyl (C=O) groups is 1. The molecule has 2 heterocycles. The number of piperidine rings is 1. The van der Waals surface area contributed by atoms with E-state index in [2.05, 4.69) is 10.6 Å². The number of methoxy groups -OCH3 is 1. The Kier molecular flexibility index (Phi) is 5.00. The number of carbonyl (C=O) groups excluding carboxylic acids is 1. The Morgan fingerprint density at radius 1 is 1.26 bits per heavy atom. The van der Waals surface area contributed by atoms with Gasteiger partial charge >= 0.3 is 0 Å². The quantitative estimate of drug-likeness (QED) is 0.751. The maximum atomic E-state index is 13.2. The number of nitrogens with zero attached hydrogens (tertiary/aromatic N) is 1. The van der Waals surface area contributed by atoms with Crippen molar-refractivity contribution in [3.63, 3.8) is 0 Å². The Balaban J connectivity index is 1.50. The highest BCUT2D eigenvalue weighted by molar-refractivity contribution is 7.89. The largest absolute Gasteiger partial charge is 0.495 e. The summed E-state index contributed by atoms with van der Waals surface area (Å²) >= 11 is 0. The van der Waals surface area contributed by atoms with E-state index in [0.29, 0.717) is 30.6 Å². The van der Waals surface area contributed by atoms with Crippen molar-refractivity contribution in [1.82, 2.24) is 9.62 Å². The molecule has 1 saturated carbocycles. The normalized spacial score (nSPS) is 21.3. The Labute approximate surface area is 159 Å². The standard InChI is InChI=1S/C18H25N3O5S/c1-25-16-8-14-15(26-11-18(22)20-14)9-17(16)27(23,24)21-6-4-13(5-7-21)19-10-12-2-3-12/h8-9,12-13,19H,2-7,10-11H2,1H3,(H,20,22). The molecule has 0 spiro atoms. The van der Waals surface area contributed by atoms with E-state index in [9.17, 15) is 13.2 Å². The van der Waals surface area contributed by atoms with Gasteiger partial charge in [0.15, 0.2) is 6.61 Å². The lowest BCUT2D eigenvalue weighted by Crippen LogP contribution is -2.45. The van der Waals surface area contributed by atoms with Crippen LogP contribution in [0.5, 0.6) is 11.5 Å².